The summed E-state index contributed by atoms with van der Waals surface area (Å²) in [5.74, 6) is -16.6. The number of hydrogen-bond donors (Lipinski definition) is 25. The van der Waals surface area contributed by atoms with E-state index in [0.29, 0.717) is 135 Å². The van der Waals surface area contributed by atoms with E-state index in [1.54, 1.807) is 69.2 Å². The van der Waals surface area contributed by atoms with E-state index in [1.165, 1.54) is 20.8 Å². The summed E-state index contributed by atoms with van der Waals surface area (Å²) < 4.78 is 0. The number of amides is 18. The first-order valence-electron chi connectivity index (χ1n) is 46.8. The summed E-state index contributed by atoms with van der Waals surface area (Å²) in [5, 5.41) is 44.9. The minimum absolute atomic E-state index is 0.0140. The molecule has 0 radical (unpaired) electrons. The predicted molar refractivity (Wildman–Crippen MR) is 494 cm³/mol. The summed E-state index contributed by atoms with van der Waals surface area (Å²) in [6, 6.07) is -18.2. The predicted octanol–water partition coefficient (Wildman–Crippen LogP) is -3.95. The van der Waals surface area contributed by atoms with Crippen molar-refractivity contribution >= 4 is 106 Å². The van der Waals surface area contributed by atoms with E-state index < -0.39 is 240 Å². The fourth-order valence-corrected chi connectivity index (χ4v) is 13.5. The number of nitrogens with two attached hydrogens (primary N) is 8. The molecule has 130 heavy (non-hydrogen) atoms. The monoisotopic (exact) mass is 1850 g/mol. The zero-order valence-electron chi connectivity index (χ0n) is 79.9. The zero-order chi connectivity index (χ0) is 98.9. The van der Waals surface area contributed by atoms with Crippen molar-refractivity contribution in [1.29, 1.82) is 0 Å². The molecule has 0 heterocycles. The fourth-order valence-electron chi connectivity index (χ4n) is 13.5. The van der Waals surface area contributed by atoms with Gasteiger partial charge in [0.15, 0.2) is 0 Å². The number of carbonyl (C=O) groups excluding carboxylic acids is 18. The summed E-state index contributed by atoms with van der Waals surface area (Å²) in [6.45, 7) is 24.8. The standard InChI is InChI=1S/C87H165N25O18/c1-16-49(7)67(73(95)116)107-78(121)59(35-23-29-41-89)102-74(117)55(13)99-65(114)47-97-84(127)69(51(9)18-3)109-81(124)62(38-26-32-44-92)105-87(130)72(54(12)21-6)112-80(123)61(37-25-31-43-91)104-76(119)57(15)101-66(115)48-98-85(128)70(52(10)19-4)110-82(125)63(39-27-33-45-93)106-86(129)71(53(11)20-5)111-79(122)60(36-24-30-42-90)103-75(118)56(14)100-64(113)46-96-83(126)68(50(8)17-2)108-77(120)58(94)34-22-28-40-88/h49-63,67-72H,16-48,88-94H2,1-15H3,(H2,95,116)(H,96,126)(H,97,127)(H,98,128)(H,99,114)(H,100,113)(H,101,115)(H,102,117)(H,103,118)(H,104,119)(H,105,130)(H,106,129)(H,107,121)(H,108,120)(H,109,124)(H,110,125)(H,111,122)(H,112,123)/t49-,50-,51-,52-,53-,54-,55-,56-,57-,58-,59-,60-,61-,62-,63-,67-,68-,69-,70-,71-,72-/m0/s1. The molecule has 0 aliphatic carbocycles. The summed E-state index contributed by atoms with van der Waals surface area (Å²) in [7, 11) is 0. The molecule has 18 amide bonds. The van der Waals surface area contributed by atoms with Crippen molar-refractivity contribution in [3.8, 4) is 0 Å². The van der Waals surface area contributed by atoms with Crippen LogP contribution in [0.25, 0.3) is 0 Å². The quantitative estimate of drug-likeness (QED) is 0.0258. The molecule has 0 aromatic rings. The summed E-state index contributed by atoms with van der Waals surface area (Å²) in [5.41, 5.74) is 46.3. The van der Waals surface area contributed by atoms with Gasteiger partial charge in [0, 0.05) is 0 Å². The van der Waals surface area contributed by atoms with Gasteiger partial charge in [0.05, 0.1) is 25.7 Å². The van der Waals surface area contributed by atoms with Crippen molar-refractivity contribution in [2.45, 2.75) is 349 Å². The van der Waals surface area contributed by atoms with Gasteiger partial charge in [0.25, 0.3) is 0 Å². The SMILES string of the molecule is CC[C@H](C)[C@H](NC(=O)[C@H](CCCCN)NC(=O)[C@H](C)NC(=O)CNC(=O)[C@@H](NC(=O)[C@H](CCCCN)NC(=O)[C@@H](NC(=O)[C@H](CCCCN)NC(=O)[C@H](C)NC(=O)CNC(=O)[C@@H](NC(=O)[C@H](CCCCN)NC(=O)[C@@H](NC(=O)[C@H](CCCCN)NC(=O)[C@H](C)NC(=O)CNC(=O)[C@@H](NC(=O)[C@@H](N)CCCCN)[C@@H](C)CC)[C@@H](C)CC)[C@@H](C)CC)[C@@H](C)CC)[C@@H](C)CC)C(N)=O. The Morgan fingerprint density at radius 3 is 0.608 bits per heavy atom. The Hall–Kier alpha value is -9.82. The van der Waals surface area contributed by atoms with Crippen LogP contribution in [-0.2, 0) is 86.3 Å². The summed E-state index contributed by atoms with van der Waals surface area (Å²) >= 11 is 0. The van der Waals surface area contributed by atoms with E-state index in [0.717, 1.165) is 0 Å². The Morgan fingerprint density at radius 2 is 0.400 bits per heavy atom. The molecular weight excluding hydrogens is 1680 g/mol. The lowest BCUT2D eigenvalue weighted by atomic mass is 9.95. The number of unbranched alkanes of at least 4 members (excludes halogenated alkanes) is 6. The third-order valence-electron chi connectivity index (χ3n) is 23.6. The van der Waals surface area contributed by atoms with Crippen molar-refractivity contribution in [3.05, 3.63) is 0 Å². The topological polar surface area (TPSA) is 720 Å². The Kier molecular flexibility index (Phi) is 62.3. The maximum atomic E-state index is 14.6. The number of primary amides is 1. The van der Waals surface area contributed by atoms with Crippen LogP contribution in [0.3, 0.4) is 0 Å². The molecule has 43 heteroatoms. The molecule has 0 saturated heterocycles. The molecule has 21 atom stereocenters. The third kappa shape index (κ3) is 46.3. The van der Waals surface area contributed by atoms with Crippen LogP contribution in [0.15, 0.2) is 0 Å². The van der Waals surface area contributed by atoms with E-state index in [1.807, 2.05) is 13.8 Å². The Bertz CT molecular complexity index is 3530. The van der Waals surface area contributed by atoms with Gasteiger partial charge in [0.2, 0.25) is 106 Å². The smallest absolute Gasteiger partial charge is 0.243 e. The van der Waals surface area contributed by atoms with E-state index in [-0.39, 0.29) is 70.1 Å². The summed E-state index contributed by atoms with van der Waals surface area (Å²) in [4.78, 5) is 249. The lowest BCUT2D eigenvalue weighted by Gasteiger charge is -2.30. The van der Waals surface area contributed by atoms with Gasteiger partial charge in [-0.2, -0.15) is 0 Å². The largest absolute Gasteiger partial charge is 0.368 e. The van der Waals surface area contributed by atoms with Gasteiger partial charge in [-0.15, -0.1) is 0 Å². The van der Waals surface area contributed by atoms with Gasteiger partial charge < -0.3 is 136 Å². The molecule has 0 unspecified atom stereocenters. The first-order valence-corrected chi connectivity index (χ1v) is 46.8. The second-order valence-electron chi connectivity index (χ2n) is 34.3. The highest BCUT2D eigenvalue weighted by atomic mass is 16.2. The van der Waals surface area contributed by atoms with Crippen LogP contribution in [0.5, 0.6) is 0 Å². The fraction of sp³-hybridized carbons (Fsp3) is 0.793. The van der Waals surface area contributed by atoms with Crippen LogP contribution < -0.4 is 136 Å². The van der Waals surface area contributed by atoms with Gasteiger partial charge >= 0.3 is 0 Å². The van der Waals surface area contributed by atoms with Gasteiger partial charge in [0.1, 0.15) is 84.6 Å². The van der Waals surface area contributed by atoms with E-state index in [4.69, 9.17) is 45.9 Å². The number of carbonyl (C=O) groups is 18. The normalized spacial score (nSPS) is 16.1. The molecule has 746 valence electrons. The third-order valence-corrected chi connectivity index (χ3v) is 23.6. The van der Waals surface area contributed by atoms with Crippen molar-refractivity contribution in [2.75, 3.05) is 58.9 Å². The van der Waals surface area contributed by atoms with Crippen LogP contribution >= 0.6 is 0 Å². The molecule has 0 spiro atoms. The van der Waals surface area contributed by atoms with Crippen LogP contribution in [0.4, 0.5) is 0 Å². The van der Waals surface area contributed by atoms with E-state index in [9.17, 15) is 86.3 Å². The minimum Gasteiger partial charge on any atom is -0.368 e. The van der Waals surface area contributed by atoms with Crippen molar-refractivity contribution in [2.24, 2.45) is 81.4 Å². The second-order valence-corrected chi connectivity index (χ2v) is 34.3. The van der Waals surface area contributed by atoms with Crippen molar-refractivity contribution < 1.29 is 86.3 Å². The molecule has 0 aliphatic heterocycles. The number of rotatable bonds is 71. The van der Waals surface area contributed by atoms with Crippen molar-refractivity contribution in [3.63, 3.8) is 0 Å². The van der Waals surface area contributed by atoms with E-state index in [2.05, 4.69) is 90.4 Å². The highest BCUT2D eigenvalue weighted by Crippen LogP contribution is 2.19. The average molecular weight is 1850 g/mol. The highest BCUT2D eigenvalue weighted by molar-refractivity contribution is 6.01. The molecule has 0 rings (SSSR count). The number of hydrogen-bond acceptors (Lipinski definition) is 25. The molecule has 0 aromatic heterocycles. The maximum absolute atomic E-state index is 14.6. The summed E-state index contributed by atoms with van der Waals surface area (Å²) in [6.07, 6.45) is 8.35. The first-order chi connectivity index (χ1) is 61.5. The molecule has 0 bridgehead atoms. The van der Waals surface area contributed by atoms with E-state index >= 15 is 0 Å². The maximum Gasteiger partial charge on any atom is 0.243 e. The molecular formula is C87H165N25O18. The molecule has 33 N–H and O–H groups in total. The zero-order valence-corrected chi connectivity index (χ0v) is 79.9. The molecule has 0 aromatic carbocycles. The van der Waals surface area contributed by atoms with Gasteiger partial charge in [-0.1, -0.05) is 128 Å². The molecule has 0 fully saturated rings. The van der Waals surface area contributed by atoms with Gasteiger partial charge in [-0.05, 0) is 205 Å². The van der Waals surface area contributed by atoms with Gasteiger partial charge in [-0.25, -0.2) is 0 Å². The average Bonchev–Trinajstić information content (AvgIpc) is 0.840. The lowest BCUT2D eigenvalue weighted by molar-refractivity contribution is -0.136. The van der Waals surface area contributed by atoms with Crippen LogP contribution in [-0.4, -0.2) is 256 Å². The Balaban J connectivity index is 6.61. The Labute approximate surface area is 768 Å². The van der Waals surface area contributed by atoms with Crippen LogP contribution in [0.1, 0.15) is 258 Å². The Morgan fingerprint density at radius 1 is 0.215 bits per heavy atom. The minimum atomic E-state index is -1.35. The molecule has 43 nitrogen and oxygen atoms in total. The highest BCUT2D eigenvalue weighted by Gasteiger charge is 2.40. The van der Waals surface area contributed by atoms with Crippen molar-refractivity contribution in [1.82, 2.24) is 90.4 Å². The molecule has 0 saturated carbocycles. The van der Waals surface area contributed by atoms with Crippen LogP contribution in [0.2, 0.25) is 0 Å². The second kappa shape index (κ2) is 67.4. The number of nitrogens with one attached hydrogen (secondary N) is 17. The van der Waals surface area contributed by atoms with Crippen LogP contribution in [0, 0.1) is 35.5 Å². The van der Waals surface area contributed by atoms with Gasteiger partial charge in [-0.3, -0.25) is 86.3 Å². The lowest BCUT2D eigenvalue weighted by Crippen LogP contribution is -2.61. The first kappa shape index (κ1) is 120. The molecule has 0 aliphatic rings.